The molecule has 0 aliphatic carbocycles. The van der Waals surface area contributed by atoms with E-state index in [9.17, 15) is 26.0 Å². The van der Waals surface area contributed by atoms with E-state index in [0.29, 0.717) is 28.2 Å². The molecule has 4 aromatic carbocycles. The SMILES string of the molecule is CS(=O)(=O)OCCCN(c1ccc(NC(=O)Nc2ccccc2)cc1)S(=O)(=O)c1cccc(-c2ccc(F)cc2)c1. The second-order valence-electron chi connectivity index (χ2n) is 8.98. The molecule has 4 rings (SSSR count). The number of para-hydroxylation sites is 1. The molecule has 0 aliphatic heterocycles. The number of sulfonamides is 1. The molecule has 0 saturated carbocycles. The molecule has 41 heavy (non-hydrogen) atoms. The lowest BCUT2D eigenvalue weighted by Crippen LogP contribution is -2.32. The third-order valence-corrected chi connectivity index (χ3v) is 8.27. The van der Waals surface area contributed by atoms with E-state index in [4.69, 9.17) is 4.18 Å². The number of amides is 2. The number of nitrogens with one attached hydrogen (secondary N) is 2. The van der Waals surface area contributed by atoms with E-state index in [2.05, 4.69) is 10.6 Å². The first-order valence-corrected chi connectivity index (χ1v) is 15.7. The van der Waals surface area contributed by atoms with Crippen LogP contribution in [0.15, 0.2) is 108 Å². The van der Waals surface area contributed by atoms with E-state index in [0.717, 1.165) is 10.6 Å². The first-order chi connectivity index (χ1) is 19.5. The molecule has 0 atom stereocenters. The smallest absolute Gasteiger partial charge is 0.308 e. The maximum atomic E-state index is 13.9. The molecule has 2 N–H and O–H groups in total. The molecule has 0 aromatic heterocycles. The van der Waals surface area contributed by atoms with E-state index in [1.807, 2.05) is 6.07 Å². The minimum Gasteiger partial charge on any atom is -0.308 e. The van der Waals surface area contributed by atoms with E-state index in [1.54, 1.807) is 60.7 Å². The fourth-order valence-corrected chi connectivity index (χ4v) is 5.91. The van der Waals surface area contributed by atoms with Gasteiger partial charge in [0.2, 0.25) is 0 Å². The van der Waals surface area contributed by atoms with Gasteiger partial charge in [0.25, 0.3) is 20.1 Å². The number of carbonyl (C=O) groups is 1. The fraction of sp³-hybridized carbons (Fsp3) is 0.138. The van der Waals surface area contributed by atoms with Crippen molar-refractivity contribution < 1.29 is 30.2 Å². The highest BCUT2D eigenvalue weighted by molar-refractivity contribution is 7.92. The number of hydrogen-bond donors (Lipinski definition) is 2. The molecule has 0 bridgehead atoms. The molecule has 0 saturated heterocycles. The van der Waals surface area contributed by atoms with Crippen LogP contribution < -0.4 is 14.9 Å². The zero-order chi connectivity index (χ0) is 29.5. The van der Waals surface area contributed by atoms with Gasteiger partial charge in [0.15, 0.2) is 0 Å². The van der Waals surface area contributed by atoms with Crippen molar-refractivity contribution in [1.29, 1.82) is 0 Å². The van der Waals surface area contributed by atoms with Crippen molar-refractivity contribution in [2.24, 2.45) is 0 Å². The summed E-state index contributed by atoms with van der Waals surface area (Å²) < 4.78 is 69.8. The van der Waals surface area contributed by atoms with E-state index < -0.39 is 32.0 Å². The van der Waals surface area contributed by atoms with Gasteiger partial charge in [-0.25, -0.2) is 17.6 Å². The number of anilines is 3. The molecule has 0 spiro atoms. The zero-order valence-corrected chi connectivity index (χ0v) is 23.7. The molecule has 9 nitrogen and oxygen atoms in total. The molecule has 2 amide bonds. The van der Waals surface area contributed by atoms with Crippen LogP contribution in [0.25, 0.3) is 11.1 Å². The minimum absolute atomic E-state index is 0.00667. The van der Waals surface area contributed by atoms with Crippen LogP contribution >= 0.6 is 0 Å². The van der Waals surface area contributed by atoms with Crippen molar-refractivity contribution in [3.63, 3.8) is 0 Å². The van der Waals surface area contributed by atoms with Crippen molar-refractivity contribution in [2.45, 2.75) is 11.3 Å². The molecule has 0 heterocycles. The number of rotatable bonds is 11. The number of benzene rings is 4. The van der Waals surface area contributed by atoms with Crippen LogP contribution in [0.4, 0.5) is 26.2 Å². The Kier molecular flexibility index (Phi) is 9.38. The fourth-order valence-electron chi connectivity index (χ4n) is 3.94. The minimum atomic E-state index is -4.13. The van der Waals surface area contributed by atoms with Crippen molar-refractivity contribution in [1.82, 2.24) is 0 Å². The molecular formula is C29H28FN3O6S2. The summed E-state index contributed by atoms with van der Waals surface area (Å²) in [6.45, 7) is -0.292. The zero-order valence-electron chi connectivity index (χ0n) is 22.0. The predicted molar refractivity (Wildman–Crippen MR) is 157 cm³/mol. The van der Waals surface area contributed by atoms with E-state index in [-0.39, 0.29) is 24.5 Å². The first kappa shape index (κ1) is 29.7. The Balaban J connectivity index is 1.58. The first-order valence-electron chi connectivity index (χ1n) is 12.5. The van der Waals surface area contributed by atoms with Crippen LogP contribution in [0.2, 0.25) is 0 Å². The van der Waals surface area contributed by atoms with Crippen LogP contribution in [0.3, 0.4) is 0 Å². The van der Waals surface area contributed by atoms with Gasteiger partial charge < -0.3 is 10.6 Å². The van der Waals surface area contributed by atoms with Crippen molar-refractivity contribution >= 4 is 43.2 Å². The summed E-state index contributed by atoms with van der Waals surface area (Å²) in [6.07, 6.45) is 1.01. The van der Waals surface area contributed by atoms with Gasteiger partial charge in [0.05, 0.1) is 23.4 Å². The van der Waals surface area contributed by atoms with Crippen LogP contribution in [-0.4, -0.2) is 42.3 Å². The molecule has 0 aliphatic rings. The topological polar surface area (TPSA) is 122 Å². The summed E-state index contributed by atoms with van der Waals surface area (Å²) in [5.74, 6) is -0.407. The second kappa shape index (κ2) is 12.9. The number of nitrogens with zero attached hydrogens (tertiary/aromatic N) is 1. The van der Waals surface area contributed by atoms with Crippen LogP contribution in [0, 0.1) is 5.82 Å². The van der Waals surface area contributed by atoms with Crippen LogP contribution in [0.1, 0.15) is 6.42 Å². The van der Waals surface area contributed by atoms with Crippen LogP contribution in [0.5, 0.6) is 0 Å². The molecule has 12 heteroatoms. The lowest BCUT2D eigenvalue weighted by Gasteiger charge is -2.25. The maximum Gasteiger partial charge on any atom is 0.323 e. The van der Waals surface area contributed by atoms with Gasteiger partial charge in [-0.05, 0) is 78.2 Å². The van der Waals surface area contributed by atoms with Crippen molar-refractivity contribution in [3.8, 4) is 11.1 Å². The van der Waals surface area contributed by atoms with Gasteiger partial charge in [-0.15, -0.1) is 0 Å². The van der Waals surface area contributed by atoms with Gasteiger partial charge in [-0.2, -0.15) is 8.42 Å². The summed E-state index contributed by atoms with van der Waals surface area (Å²) in [5, 5.41) is 5.40. The summed E-state index contributed by atoms with van der Waals surface area (Å²) in [7, 11) is -7.83. The lowest BCUT2D eigenvalue weighted by atomic mass is 10.1. The standard InChI is InChI=1S/C29H28FN3O6S2/c1-40(35,36)39-20-6-19-33(27-17-15-26(16-18-27)32-29(34)31-25-8-3-2-4-9-25)41(37,38)28-10-5-7-23(21-28)22-11-13-24(30)14-12-22/h2-5,7-18,21H,6,19-20H2,1H3,(H2,31,32,34). The predicted octanol–water partition coefficient (Wildman–Crippen LogP) is 5.70. The Labute approximate surface area is 238 Å². The highest BCUT2D eigenvalue weighted by Gasteiger charge is 2.25. The number of halogens is 1. The summed E-state index contributed by atoms with van der Waals surface area (Å²) in [4.78, 5) is 12.3. The Morgan fingerprint density at radius 2 is 1.41 bits per heavy atom. The number of carbonyl (C=O) groups excluding carboxylic acids is 1. The normalized spacial score (nSPS) is 11.6. The molecule has 0 unspecified atom stereocenters. The molecule has 214 valence electrons. The maximum absolute atomic E-state index is 13.9. The van der Waals surface area contributed by atoms with Gasteiger partial charge in [0.1, 0.15) is 5.82 Å². The van der Waals surface area contributed by atoms with Crippen molar-refractivity contribution in [3.05, 3.63) is 109 Å². The molecular weight excluding hydrogens is 569 g/mol. The number of hydrogen-bond acceptors (Lipinski definition) is 6. The Morgan fingerprint density at radius 3 is 2.05 bits per heavy atom. The van der Waals surface area contributed by atoms with Gasteiger partial charge in [-0.1, -0.05) is 42.5 Å². The molecule has 0 radical (unpaired) electrons. The molecule has 0 fully saturated rings. The lowest BCUT2D eigenvalue weighted by molar-refractivity contribution is 0.262. The Morgan fingerprint density at radius 1 is 0.780 bits per heavy atom. The summed E-state index contributed by atoms with van der Waals surface area (Å²) >= 11 is 0. The quantitative estimate of drug-likeness (QED) is 0.169. The van der Waals surface area contributed by atoms with Gasteiger partial charge in [0, 0.05) is 17.9 Å². The van der Waals surface area contributed by atoms with E-state index >= 15 is 0 Å². The highest BCUT2D eigenvalue weighted by atomic mass is 32.2. The average Bonchev–Trinajstić information content (AvgIpc) is 2.94. The largest absolute Gasteiger partial charge is 0.323 e. The summed E-state index contributed by atoms with van der Waals surface area (Å²) in [5.41, 5.74) is 2.55. The molecule has 4 aromatic rings. The third-order valence-electron chi connectivity index (χ3n) is 5.85. The monoisotopic (exact) mass is 597 g/mol. The van der Waals surface area contributed by atoms with E-state index in [1.165, 1.54) is 36.4 Å². The third kappa shape index (κ3) is 8.37. The number of urea groups is 1. The van der Waals surface area contributed by atoms with Crippen LogP contribution in [-0.2, 0) is 24.3 Å². The summed E-state index contributed by atoms with van der Waals surface area (Å²) in [6, 6.07) is 26.6. The Bertz CT molecular complexity index is 1700. The van der Waals surface area contributed by atoms with Gasteiger partial charge in [-0.3, -0.25) is 8.49 Å². The van der Waals surface area contributed by atoms with Crippen molar-refractivity contribution in [2.75, 3.05) is 34.3 Å². The second-order valence-corrected chi connectivity index (χ2v) is 12.5. The Hall–Kier alpha value is -4.26. The van der Waals surface area contributed by atoms with Gasteiger partial charge >= 0.3 is 6.03 Å². The highest BCUT2D eigenvalue weighted by Crippen LogP contribution is 2.29. The average molecular weight is 598 g/mol.